The summed E-state index contributed by atoms with van der Waals surface area (Å²) in [5.41, 5.74) is 1.88. The van der Waals surface area contributed by atoms with Crippen LogP contribution in [-0.4, -0.2) is 22.7 Å². The predicted molar refractivity (Wildman–Crippen MR) is 65.9 cm³/mol. The highest BCUT2D eigenvalue weighted by Gasteiger charge is 2.13. The molecule has 0 radical (unpaired) electrons. The van der Waals surface area contributed by atoms with E-state index in [-0.39, 0.29) is 5.56 Å². The maximum absolute atomic E-state index is 12.4. The summed E-state index contributed by atoms with van der Waals surface area (Å²) in [6, 6.07) is 7.42. The number of alkyl halides is 2. The lowest BCUT2D eigenvalue weighted by molar-refractivity contribution is 0.131. The van der Waals surface area contributed by atoms with Crippen LogP contribution >= 0.6 is 0 Å². The van der Waals surface area contributed by atoms with Crippen molar-refractivity contribution in [2.24, 2.45) is 0 Å². The van der Waals surface area contributed by atoms with Gasteiger partial charge in [-0.05, 0) is 24.6 Å². The summed E-state index contributed by atoms with van der Waals surface area (Å²) in [6.45, 7) is 1.42. The lowest BCUT2D eigenvalue weighted by Crippen LogP contribution is -2.23. The van der Waals surface area contributed by atoms with Crippen LogP contribution in [0.3, 0.4) is 0 Å². The minimum atomic E-state index is -2.41. The van der Waals surface area contributed by atoms with Crippen molar-refractivity contribution in [1.29, 1.82) is 0 Å². The Bertz CT molecular complexity index is 559. The number of aromatic nitrogens is 2. The first-order valence-electron chi connectivity index (χ1n) is 5.49. The summed E-state index contributed by atoms with van der Waals surface area (Å²) in [5.74, 6) is 0. The van der Waals surface area contributed by atoms with Crippen LogP contribution in [0.15, 0.2) is 35.1 Å². The first kappa shape index (κ1) is 12.3. The molecule has 1 aromatic heterocycles. The monoisotopic (exact) mass is 253 g/mol. The second-order valence-electron chi connectivity index (χ2n) is 4.02. The van der Waals surface area contributed by atoms with Crippen molar-refractivity contribution in [3.8, 4) is 11.3 Å². The molecule has 1 unspecified atom stereocenters. The van der Waals surface area contributed by atoms with Crippen molar-refractivity contribution in [2.45, 2.75) is 19.4 Å². The molecule has 2 aromatic rings. The van der Waals surface area contributed by atoms with Gasteiger partial charge in [-0.15, -0.1) is 0 Å². The van der Waals surface area contributed by atoms with Gasteiger partial charge in [0.15, 0.2) is 0 Å². The van der Waals surface area contributed by atoms with Gasteiger partial charge in [0.05, 0.1) is 11.7 Å². The third-order valence-electron chi connectivity index (χ3n) is 2.56. The molecule has 0 saturated heterocycles. The number of hydrogen-bond donors (Lipinski definition) is 3. The molecule has 2 rings (SSSR count). The Morgan fingerprint density at radius 1 is 1.17 bits per heavy atom. The van der Waals surface area contributed by atoms with E-state index in [1.54, 1.807) is 24.3 Å². The molecule has 0 saturated carbocycles. The number of hydrogen-bond acceptors (Lipinski definition) is 2. The standard InChI is InChI=1S/C12H13F2N3O/c1-7(12(13)14)15-9-4-2-8(3-5-9)10-6-11(18)17-16-10/h2-7,12,15H,1H3,(H2,16,17,18). The minimum absolute atomic E-state index is 0.210. The molecule has 0 amide bonds. The van der Waals surface area contributed by atoms with E-state index in [4.69, 9.17) is 0 Å². The van der Waals surface area contributed by atoms with Gasteiger partial charge in [-0.25, -0.2) is 8.78 Å². The summed E-state index contributed by atoms with van der Waals surface area (Å²) in [6.07, 6.45) is -2.41. The van der Waals surface area contributed by atoms with E-state index in [2.05, 4.69) is 15.5 Å². The Kier molecular flexibility index (Phi) is 3.45. The Labute approximate surface area is 102 Å². The van der Waals surface area contributed by atoms with Gasteiger partial charge in [0, 0.05) is 11.8 Å². The van der Waals surface area contributed by atoms with Crippen molar-refractivity contribution >= 4 is 5.69 Å². The molecule has 1 aromatic carbocycles. The molecule has 0 bridgehead atoms. The number of halogens is 2. The molecule has 0 spiro atoms. The fourth-order valence-electron chi connectivity index (χ4n) is 1.56. The van der Waals surface area contributed by atoms with Crippen molar-refractivity contribution in [3.05, 3.63) is 40.7 Å². The van der Waals surface area contributed by atoms with Crippen LogP contribution in [0, 0.1) is 0 Å². The average Bonchev–Trinajstić information content (AvgIpc) is 2.76. The maximum Gasteiger partial charge on any atom is 0.264 e. The second kappa shape index (κ2) is 5.03. The Morgan fingerprint density at radius 3 is 2.33 bits per heavy atom. The normalized spacial score (nSPS) is 12.7. The van der Waals surface area contributed by atoms with Crippen molar-refractivity contribution < 1.29 is 8.78 Å². The minimum Gasteiger partial charge on any atom is -0.377 e. The van der Waals surface area contributed by atoms with Crippen LogP contribution in [-0.2, 0) is 0 Å². The molecule has 1 heterocycles. The Hall–Kier alpha value is -2.11. The molecule has 96 valence electrons. The number of anilines is 1. The van der Waals surface area contributed by atoms with Gasteiger partial charge < -0.3 is 5.32 Å². The molecule has 18 heavy (non-hydrogen) atoms. The number of rotatable bonds is 4. The van der Waals surface area contributed by atoms with Crippen LogP contribution in [0.5, 0.6) is 0 Å². The van der Waals surface area contributed by atoms with E-state index < -0.39 is 12.5 Å². The summed E-state index contributed by atoms with van der Waals surface area (Å²) in [5, 5.41) is 7.85. The van der Waals surface area contributed by atoms with Crippen LogP contribution < -0.4 is 10.9 Å². The molecule has 0 aliphatic rings. The lowest BCUT2D eigenvalue weighted by atomic mass is 10.1. The van der Waals surface area contributed by atoms with Crippen molar-refractivity contribution in [2.75, 3.05) is 5.32 Å². The van der Waals surface area contributed by atoms with Gasteiger partial charge >= 0.3 is 0 Å². The molecular weight excluding hydrogens is 240 g/mol. The molecule has 3 N–H and O–H groups in total. The lowest BCUT2D eigenvalue weighted by Gasteiger charge is -2.14. The molecular formula is C12H13F2N3O. The molecule has 0 aliphatic carbocycles. The smallest absolute Gasteiger partial charge is 0.264 e. The van der Waals surface area contributed by atoms with Crippen molar-refractivity contribution in [1.82, 2.24) is 10.2 Å². The largest absolute Gasteiger partial charge is 0.377 e. The van der Waals surface area contributed by atoms with Gasteiger partial charge in [-0.3, -0.25) is 15.0 Å². The third kappa shape index (κ3) is 2.77. The second-order valence-corrected chi connectivity index (χ2v) is 4.02. The van der Waals surface area contributed by atoms with E-state index in [9.17, 15) is 13.6 Å². The van der Waals surface area contributed by atoms with Gasteiger partial charge in [0.25, 0.3) is 12.0 Å². The quantitative estimate of drug-likeness (QED) is 0.783. The predicted octanol–water partition coefficient (Wildman–Crippen LogP) is 2.44. The van der Waals surface area contributed by atoms with E-state index in [1.165, 1.54) is 13.0 Å². The fourth-order valence-corrected chi connectivity index (χ4v) is 1.56. The molecule has 6 heteroatoms. The summed E-state index contributed by atoms with van der Waals surface area (Å²) < 4.78 is 24.7. The number of aromatic amines is 2. The van der Waals surface area contributed by atoms with Crippen molar-refractivity contribution in [3.63, 3.8) is 0 Å². The van der Waals surface area contributed by atoms with Crippen LogP contribution in [0.2, 0.25) is 0 Å². The fraction of sp³-hybridized carbons (Fsp3) is 0.250. The molecule has 1 atom stereocenters. The molecule has 4 nitrogen and oxygen atoms in total. The average molecular weight is 253 g/mol. The van der Waals surface area contributed by atoms with Crippen LogP contribution in [0.4, 0.5) is 14.5 Å². The van der Waals surface area contributed by atoms with Gasteiger partial charge in [0.1, 0.15) is 0 Å². The van der Waals surface area contributed by atoms with E-state index >= 15 is 0 Å². The van der Waals surface area contributed by atoms with Crippen LogP contribution in [0.1, 0.15) is 6.92 Å². The van der Waals surface area contributed by atoms with E-state index in [0.29, 0.717) is 11.4 Å². The maximum atomic E-state index is 12.4. The zero-order chi connectivity index (χ0) is 13.1. The van der Waals surface area contributed by atoms with Gasteiger partial charge in [-0.1, -0.05) is 12.1 Å². The first-order chi connectivity index (χ1) is 8.56. The molecule has 0 fully saturated rings. The number of nitrogens with one attached hydrogen (secondary N) is 3. The summed E-state index contributed by atoms with van der Waals surface area (Å²) >= 11 is 0. The van der Waals surface area contributed by atoms with Crippen LogP contribution in [0.25, 0.3) is 11.3 Å². The summed E-state index contributed by atoms with van der Waals surface area (Å²) in [4.78, 5) is 11.0. The third-order valence-corrected chi connectivity index (χ3v) is 2.56. The highest BCUT2D eigenvalue weighted by molar-refractivity contribution is 5.62. The first-order valence-corrected chi connectivity index (χ1v) is 5.49. The van der Waals surface area contributed by atoms with Gasteiger partial charge in [0.2, 0.25) is 0 Å². The number of benzene rings is 1. The zero-order valence-corrected chi connectivity index (χ0v) is 9.71. The SMILES string of the molecule is CC(Nc1ccc(-c2cc(=O)[nH][nH]2)cc1)C(F)F. The molecule has 0 aliphatic heterocycles. The zero-order valence-electron chi connectivity index (χ0n) is 9.71. The van der Waals surface area contributed by atoms with E-state index in [0.717, 1.165) is 5.56 Å². The topological polar surface area (TPSA) is 60.7 Å². The van der Waals surface area contributed by atoms with E-state index in [1.807, 2.05) is 0 Å². The summed E-state index contributed by atoms with van der Waals surface area (Å²) in [7, 11) is 0. The highest BCUT2D eigenvalue weighted by Crippen LogP contribution is 2.19. The number of H-pyrrole nitrogens is 2. The highest BCUT2D eigenvalue weighted by atomic mass is 19.3. The van der Waals surface area contributed by atoms with Gasteiger partial charge in [-0.2, -0.15) is 0 Å². The Morgan fingerprint density at radius 2 is 1.83 bits per heavy atom. The Balaban J connectivity index is 2.13.